The van der Waals surface area contributed by atoms with Crippen LogP contribution in [0.5, 0.6) is 5.75 Å². The third kappa shape index (κ3) is 4.66. The van der Waals surface area contributed by atoms with Crippen LogP contribution >= 0.6 is 0 Å². The van der Waals surface area contributed by atoms with E-state index in [1.54, 1.807) is 33.9 Å². The second-order valence-corrected chi connectivity index (χ2v) is 5.45. The number of rotatable bonds is 6. The molecule has 2 rings (SSSR count). The molecule has 0 unspecified atom stereocenters. The standard InChI is InChI=1S/C19H21N3O4/c1-5-26-19(24)17-10-16(12(2)21-13(17)3)18(23)22-20-11-14-7-6-8-15(9-14)25-4/h6-11H,5H2,1-4H3,(H,22,23)/b20-11+. The van der Waals surface area contributed by atoms with Crippen LogP contribution in [0.1, 0.15) is 44.6 Å². The normalized spacial score (nSPS) is 10.6. The van der Waals surface area contributed by atoms with Crippen LogP contribution in [0.15, 0.2) is 35.4 Å². The molecule has 2 aromatic rings. The average molecular weight is 355 g/mol. The van der Waals surface area contributed by atoms with Crippen LogP contribution in [0.4, 0.5) is 0 Å². The summed E-state index contributed by atoms with van der Waals surface area (Å²) in [5, 5.41) is 3.94. The van der Waals surface area contributed by atoms with E-state index in [1.807, 2.05) is 18.2 Å². The topological polar surface area (TPSA) is 89.9 Å². The van der Waals surface area contributed by atoms with E-state index in [0.717, 1.165) is 5.56 Å². The van der Waals surface area contributed by atoms with Crippen molar-refractivity contribution >= 4 is 18.1 Å². The van der Waals surface area contributed by atoms with Crippen LogP contribution in [0.2, 0.25) is 0 Å². The van der Waals surface area contributed by atoms with Gasteiger partial charge in [-0.15, -0.1) is 0 Å². The van der Waals surface area contributed by atoms with E-state index in [1.165, 1.54) is 12.3 Å². The Morgan fingerprint density at radius 3 is 2.62 bits per heavy atom. The molecule has 7 heteroatoms. The number of carbonyl (C=O) groups excluding carboxylic acids is 2. The first-order chi connectivity index (χ1) is 12.5. The first kappa shape index (κ1) is 19.1. The molecule has 0 fully saturated rings. The van der Waals surface area contributed by atoms with Crippen molar-refractivity contribution in [3.8, 4) is 5.75 Å². The molecule has 26 heavy (non-hydrogen) atoms. The number of aryl methyl sites for hydroxylation is 2. The molecule has 0 radical (unpaired) electrons. The van der Waals surface area contributed by atoms with Crippen molar-refractivity contribution in [3.63, 3.8) is 0 Å². The van der Waals surface area contributed by atoms with Crippen LogP contribution < -0.4 is 10.2 Å². The molecule has 1 aromatic heterocycles. The van der Waals surface area contributed by atoms with Gasteiger partial charge in [0.25, 0.3) is 5.91 Å². The maximum absolute atomic E-state index is 12.4. The lowest BCUT2D eigenvalue weighted by Gasteiger charge is -2.09. The lowest BCUT2D eigenvalue weighted by atomic mass is 10.1. The molecule has 136 valence electrons. The summed E-state index contributed by atoms with van der Waals surface area (Å²) in [6.45, 7) is 5.36. The second-order valence-electron chi connectivity index (χ2n) is 5.45. The van der Waals surface area contributed by atoms with Gasteiger partial charge in [-0.05, 0) is 44.5 Å². The highest BCUT2D eigenvalue weighted by molar-refractivity contribution is 5.99. The van der Waals surface area contributed by atoms with Gasteiger partial charge in [0.05, 0.1) is 42.4 Å². The SMILES string of the molecule is CCOC(=O)c1cc(C(=O)N/N=C/c2cccc(OC)c2)c(C)nc1C. The molecule has 1 aromatic carbocycles. The number of nitrogens with zero attached hydrogens (tertiary/aromatic N) is 2. The number of methoxy groups -OCH3 is 1. The Morgan fingerprint density at radius 1 is 1.19 bits per heavy atom. The monoisotopic (exact) mass is 355 g/mol. The van der Waals surface area contributed by atoms with Crippen molar-refractivity contribution in [1.29, 1.82) is 0 Å². The minimum atomic E-state index is -0.508. The Hall–Kier alpha value is -3.22. The molecule has 0 aliphatic carbocycles. The summed E-state index contributed by atoms with van der Waals surface area (Å²) in [6.07, 6.45) is 1.50. The van der Waals surface area contributed by atoms with E-state index in [2.05, 4.69) is 15.5 Å². The summed E-state index contributed by atoms with van der Waals surface area (Å²) < 4.78 is 10.1. The number of benzene rings is 1. The summed E-state index contributed by atoms with van der Waals surface area (Å²) in [7, 11) is 1.58. The first-order valence-corrected chi connectivity index (χ1v) is 8.09. The molecule has 1 N–H and O–H groups in total. The van der Waals surface area contributed by atoms with Gasteiger partial charge in [-0.3, -0.25) is 9.78 Å². The number of carbonyl (C=O) groups is 2. The molecule has 0 atom stereocenters. The summed E-state index contributed by atoms with van der Waals surface area (Å²) >= 11 is 0. The molecule has 0 saturated heterocycles. The van der Waals surface area contributed by atoms with Gasteiger partial charge in [-0.1, -0.05) is 12.1 Å². The van der Waals surface area contributed by atoms with E-state index < -0.39 is 11.9 Å². The molecule has 7 nitrogen and oxygen atoms in total. The Kier molecular flexibility index (Phi) is 6.43. The lowest BCUT2D eigenvalue weighted by Crippen LogP contribution is -2.21. The number of nitrogens with one attached hydrogen (secondary N) is 1. The van der Waals surface area contributed by atoms with Crippen molar-refractivity contribution < 1.29 is 19.1 Å². The van der Waals surface area contributed by atoms with Crippen molar-refractivity contribution in [3.05, 3.63) is 58.4 Å². The van der Waals surface area contributed by atoms with Crippen LogP contribution in [-0.2, 0) is 4.74 Å². The van der Waals surface area contributed by atoms with E-state index >= 15 is 0 Å². The molecule has 0 aliphatic heterocycles. The van der Waals surface area contributed by atoms with Crippen molar-refractivity contribution in [2.75, 3.05) is 13.7 Å². The fraction of sp³-hybridized carbons (Fsp3) is 0.263. The van der Waals surface area contributed by atoms with Crippen LogP contribution in [0.3, 0.4) is 0 Å². The summed E-state index contributed by atoms with van der Waals surface area (Å²) in [4.78, 5) is 28.6. The van der Waals surface area contributed by atoms with E-state index in [9.17, 15) is 9.59 Å². The Bertz CT molecular complexity index is 847. The minimum absolute atomic E-state index is 0.249. The highest BCUT2D eigenvalue weighted by Crippen LogP contribution is 2.14. The van der Waals surface area contributed by atoms with E-state index in [-0.39, 0.29) is 17.7 Å². The van der Waals surface area contributed by atoms with Crippen LogP contribution in [0.25, 0.3) is 0 Å². The quantitative estimate of drug-likeness (QED) is 0.489. The number of pyridine rings is 1. The number of hydrogen-bond acceptors (Lipinski definition) is 6. The van der Waals surface area contributed by atoms with Crippen molar-refractivity contribution in [1.82, 2.24) is 10.4 Å². The van der Waals surface area contributed by atoms with E-state index in [4.69, 9.17) is 9.47 Å². The maximum atomic E-state index is 12.4. The third-order valence-electron chi connectivity index (χ3n) is 3.62. The predicted octanol–water partition coefficient (Wildman–Crippen LogP) is 2.65. The highest BCUT2D eigenvalue weighted by atomic mass is 16.5. The van der Waals surface area contributed by atoms with Gasteiger partial charge >= 0.3 is 5.97 Å². The Morgan fingerprint density at radius 2 is 1.92 bits per heavy atom. The fourth-order valence-electron chi connectivity index (χ4n) is 2.32. The highest BCUT2D eigenvalue weighted by Gasteiger charge is 2.17. The number of amides is 1. The molecule has 0 bridgehead atoms. The molecule has 1 amide bonds. The Balaban J connectivity index is 2.17. The van der Waals surface area contributed by atoms with Gasteiger partial charge in [0.15, 0.2) is 0 Å². The summed E-state index contributed by atoms with van der Waals surface area (Å²) in [5.74, 6) is -0.274. The number of ether oxygens (including phenoxy) is 2. The Labute approximate surface area is 152 Å². The van der Waals surface area contributed by atoms with Crippen molar-refractivity contribution in [2.24, 2.45) is 5.10 Å². The first-order valence-electron chi connectivity index (χ1n) is 8.09. The largest absolute Gasteiger partial charge is 0.497 e. The zero-order valence-electron chi connectivity index (χ0n) is 15.2. The van der Waals surface area contributed by atoms with Gasteiger partial charge in [-0.25, -0.2) is 10.2 Å². The number of esters is 1. The number of hydrazone groups is 1. The van der Waals surface area contributed by atoms with Crippen LogP contribution in [-0.4, -0.2) is 36.8 Å². The minimum Gasteiger partial charge on any atom is -0.497 e. The predicted molar refractivity (Wildman–Crippen MR) is 97.7 cm³/mol. The van der Waals surface area contributed by atoms with Crippen LogP contribution in [0, 0.1) is 13.8 Å². The number of hydrogen-bond donors (Lipinski definition) is 1. The second kappa shape index (κ2) is 8.75. The van der Waals surface area contributed by atoms with Gasteiger partial charge < -0.3 is 9.47 Å². The van der Waals surface area contributed by atoms with Gasteiger partial charge in [0.2, 0.25) is 0 Å². The van der Waals surface area contributed by atoms with Gasteiger partial charge in [-0.2, -0.15) is 5.10 Å². The number of aromatic nitrogens is 1. The average Bonchev–Trinajstić information content (AvgIpc) is 2.62. The fourth-order valence-corrected chi connectivity index (χ4v) is 2.32. The smallest absolute Gasteiger partial charge is 0.339 e. The van der Waals surface area contributed by atoms with Gasteiger partial charge in [0, 0.05) is 0 Å². The maximum Gasteiger partial charge on any atom is 0.339 e. The molecular formula is C19H21N3O4. The molecular weight excluding hydrogens is 334 g/mol. The van der Waals surface area contributed by atoms with E-state index in [0.29, 0.717) is 17.1 Å². The lowest BCUT2D eigenvalue weighted by molar-refractivity contribution is 0.0525. The third-order valence-corrected chi connectivity index (χ3v) is 3.62. The molecule has 0 spiro atoms. The van der Waals surface area contributed by atoms with Crippen molar-refractivity contribution in [2.45, 2.75) is 20.8 Å². The summed E-state index contributed by atoms with van der Waals surface area (Å²) in [5.41, 5.74) is 4.76. The molecule has 1 heterocycles. The zero-order chi connectivity index (χ0) is 19.1. The summed E-state index contributed by atoms with van der Waals surface area (Å²) in [6, 6.07) is 8.73. The molecule has 0 saturated carbocycles. The van der Waals surface area contributed by atoms with Gasteiger partial charge in [0.1, 0.15) is 5.75 Å². The molecule has 0 aliphatic rings. The zero-order valence-corrected chi connectivity index (χ0v) is 15.2.